The van der Waals surface area contributed by atoms with Gasteiger partial charge in [-0.1, -0.05) is 26.2 Å². The van der Waals surface area contributed by atoms with Gasteiger partial charge in [0.05, 0.1) is 12.7 Å². The molecule has 1 rings (SSSR count). The van der Waals surface area contributed by atoms with Gasteiger partial charge in [0.1, 0.15) is 0 Å². The van der Waals surface area contributed by atoms with Gasteiger partial charge in [-0.2, -0.15) is 0 Å². The number of phosphoric acid groups is 1. The van der Waals surface area contributed by atoms with Crippen LogP contribution in [0.4, 0.5) is 0 Å². The molecule has 3 N–H and O–H groups in total. The van der Waals surface area contributed by atoms with Crippen molar-refractivity contribution in [1.82, 2.24) is 0 Å². The molecule has 5 nitrogen and oxygen atoms in total. The van der Waals surface area contributed by atoms with Crippen molar-refractivity contribution in [3.63, 3.8) is 0 Å². The van der Waals surface area contributed by atoms with Crippen molar-refractivity contribution in [2.75, 3.05) is 13.2 Å². The Hall–Kier alpha value is 0.0700. The van der Waals surface area contributed by atoms with Gasteiger partial charge in [0.25, 0.3) is 0 Å². The van der Waals surface area contributed by atoms with Crippen molar-refractivity contribution in [1.29, 1.82) is 0 Å². The van der Waals surface area contributed by atoms with Gasteiger partial charge in [0, 0.05) is 6.54 Å². The van der Waals surface area contributed by atoms with E-state index in [1.54, 1.807) is 0 Å². The molecule has 0 saturated heterocycles. The molecule has 16 heavy (non-hydrogen) atoms. The lowest BCUT2D eigenvalue weighted by Crippen LogP contribution is -2.26. The highest BCUT2D eigenvalue weighted by molar-refractivity contribution is 7.47. The fourth-order valence-electron chi connectivity index (χ4n) is 2.15. The summed E-state index contributed by atoms with van der Waals surface area (Å²) >= 11 is 0. The lowest BCUT2D eigenvalue weighted by Gasteiger charge is -2.31. The molecule has 0 heterocycles. The van der Waals surface area contributed by atoms with E-state index in [0.717, 1.165) is 25.7 Å². The first-order valence-electron chi connectivity index (χ1n) is 5.95. The summed E-state index contributed by atoms with van der Waals surface area (Å²) < 4.78 is 21.5. The zero-order chi connectivity index (χ0) is 12.0. The summed E-state index contributed by atoms with van der Waals surface area (Å²) in [6.07, 6.45) is 4.97. The first-order valence-corrected chi connectivity index (χ1v) is 7.44. The Morgan fingerprint density at radius 3 is 2.75 bits per heavy atom. The number of hydrogen-bond donors (Lipinski definition) is 2. The molecule has 0 spiro atoms. The quantitative estimate of drug-likeness (QED) is 0.706. The number of rotatable bonds is 6. The van der Waals surface area contributed by atoms with Crippen LogP contribution in [0.5, 0.6) is 0 Å². The molecule has 0 aromatic carbocycles. The average molecular weight is 251 g/mol. The van der Waals surface area contributed by atoms with Crippen LogP contribution < -0.4 is 5.73 Å². The summed E-state index contributed by atoms with van der Waals surface area (Å²) in [5, 5.41) is 0. The van der Waals surface area contributed by atoms with Gasteiger partial charge < -0.3 is 10.6 Å². The SMILES string of the molecule is CCC1CCCCC1OP(=O)(O)OCCN. The van der Waals surface area contributed by atoms with Gasteiger partial charge in [-0.3, -0.25) is 9.05 Å². The van der Waals surface area contributed by atoms with Gasteiger partial charge in [0.15, 0.2) is 0 Å². The van der Waals surface area contributed by atoms with Crippen LogP contribution in [0.2, 0.25) is 0 Å². The molecule has 1 aliphatic rings. The fourth-order valence-corrected chi connectivity index (χ4v) is 3.17. The molecule has 96 valence electrons. The van der Waals surface area contributed by atoms with Crippen LogP contribution >= 0.6 is 7.82 Å². The molecule has 0 amide bonds. The number of nitrogens with two attached hydrogens (primary N) is 1. The van der Waals surface area contributed by atoms with E-state index in [2.05, 4.69) is 6.92 Å². The minimum atomic E-state index is -3.91. The molecule has 1 fully saturated rings. The molecule has 0 aromatic rings. The Labute approximate surface area is 96.9 Å². The van der Waals surface area contributed by atoms with E-state index in [-0.39, 0.29) is 19.3 Å². The summed E-state index contributed by atoms with van der Waals surface area (Å²) in [5.74, 6) is 0.371. The second-order valence-corrected chi connectivity index (χ2v) is 5.59. The molecule has 3 atom stereocenters. The second kappa shape index (κ2) is 6.72. The van der Waals surface area contributed by atoms with Gasteiger partial charge in [-0.05, 0) is 18.8 Å². The van der Waals surface area contributed by atoms with Gasteiger partial charge in [-0.25, -0.2) is 4.57 Å². The van der Waals surface area contributed by atoms with E-state index in [1.807, 2.05) is 0 Å². The lowest BCUT2D eigenvalue weighted by molar-refractivity contribution is 0.0450. The van der Waals surface area contributed by atoms with E-state index in [0.29, 0.717) is 5.92 Å². The third-order valence-corrected chi connectivity index (χ3v) is 4.05. The van der Waals surface area contributed by atoms with Crippen molar-refractivity contribution >= 4 is 7.82 Å². The fraction of sp³-hybridized carbons (Fsp3) is 1.00. The van der Waals surface area contributed by atoms with E-state index in [1.165, 1.54) is 6.42 Å². The van der Waals surface area contributed by atoms with Crippen LogP contribution in [-0.2, 0) is 13.6 Å². The van der Waals surface area contributed by atoms with Gasteiger partial charge in [0.2, 0.25) is 0 Å². The predicted octanol–water partition coefficient (Wildman–Crippen LogP) is 2.05. The smallest absolute Gasteiger partial charge is 0.328 e. The highest BCUT2D eigenvalue weighted by Gasteiger charge is 2.32. The van der Waals surface area contributed by atoms with Crippen LogP contribution in [0.1, 0.15) is 39.0 Å². The van der Waals surface area contributed by atoms with Crippen molar-refractivity contribution < 1.29 is 18.5 Å². The molecule has 0 aliphatic heterocycles. The zero-order valence-electron chi connectivity index (χ0n) is 9.80. The van der Waals surface area contributed by atoms with Crippen molar-refractivity contribution in [2.45, 2.75) is 45.1 Å². The molecule has 3 unspecified atom stereocenters. The summed E-state index contributed by atoms with van der Waals surface area (Å²) in [5.41, 5.74) is 5.21. The van der Waals surface area contributed by atoms with E-state index < -0.39 is 7.82 Å². The topological polar surface area (TPSA) is 81.8 Å². The van der Waals surface area contributed by atoms with Crippen LogP contribution in [0, 0.1) is 5.92 Å². The third-order valence-electron chi connectivity index (χ3n) is 3.00. The maximum Gasteiger partial charge on any atom is 0.472 e. The number of phosphoric ester groups is 1. The maximum atomic E-state index is 11.6. The molecule has 0 radical (unpaired) electrons. The van der Waals surface area contributed by atoms with Crippen LogP contribution in [-0.4, -0.2) is 24.1 Å². The van der Waals surface area contributed by atoms with E-state index >= 15 is 0 Å². The summed E-state index contributed by atoms with van der Waals surface area (Å²) in [6, 6.07) is 0. The molecule has 0 bridgehead atoms. The Bertz CT molecular complexity index is 249. The third kappa shape index (κ3) is 4.52. The monoisotopic (exact) mass is 251 g/mol. The Morgan fingerprint density at radius 1 is 1.44 bits per heavy atom. The van der Waals surface area contributed by atoms with Crippen LogP contribution in [0.15, 0.2) is 0 Å². The van der Waals surface area contributed by atoms with Gasteiger partial charge in [-0.15, -0.1) is 0 Å². The molecular weight excluding hydrogens is 229 g/mol. The largest absolute Gasteiger partial charge is 0.472 e. The number of hydrogen-bond acceptors (Lipinski definition) is 4. The minimum Gasteiger partial charge on any atom is -0.328 e. The average Bonchev–Trinajstić information content (AvgIpc) is 2.27. The molecule has 1 saturated carbocycles. The normalized spacial score (nSPS) is 29.9. The van der Waals surface area contributed by atoms with E-state index in [4.69, 9.17) is 14.8 Å². The second-order valence-electron chi connectivity index (χ2n) is 4.19. The summed E-state index contributed by atoms with van der Waals surface area (Å²) in [7, 11) is -3.91. The summed E-state index contributed by atoms with van der Waals surface area (Å²) in [6.45, 7) is 2.35. The molecular formula is C10H22NO4P. The van der Waals surface area contributed by atoms with Crippen molar-refractivity contribution in [3.8, 4) is 0 Å². The standard InChI is InChI=1S/C10H22NO4P/c1-2-9-5-3-4-6-10(9)15-16(12,13)14-8-7-11/h9-10H,2-8,11H2,1H3,(H,12,13). The maximum absolute atomic E-state index is 11.6. The summed E-state index contributed by atoms with van der Waals surface area (Å²) in [4.78, 5) is 9.47. The van der Waals surface area contributed by atoms with E-state index in [9.17, 15) is 9.46 Å². The Morgan fingerprint density at radius 2 is 2.12 bits per heavy atom. The molecule has 6 heteroatoms. The zero-order valence-corrected chi connectivity index (χ0v) is 10.7. The first kappa shape index (κ1) is 14.1. The van der Waals surface area contributed by atoms with Crippen LogP contribution in [0.3, 0.4) is 0 Å². The highest BCUT2D eigenvalue weighted by Crippen LogP contribution is 2.47. The van der Waals surface area contributed by atoms with Gasteiger partial charge >= 0.3 is 7.82 Å². The van der Waals surface area contributed by atoms with Crippen LogP contribution in [0.25, 0.3) is 0 Å². The first-order chi connectivity index (χ1) is 7.59. The molecule has 1 aliphatic carbocycles. The Balaban J connectivity index is 2.46. The van der Waals surface area contributed by atoms with Crippen molar-refractivity contribution in [2.24, 2.45) is 11.7 Å². The Kier molecular flexibility index (Phi) is 5.94. The highest BCUT2D eigenvalue weighted by atomic mass is 31.2. The molecule has 0 aromatic heterocycles. The predicted molar refractivity (Wildman–Crippen MR) is 62.0 cm³/mol. The lowest BCUT2D eigenvalue weighted by atomic mass is 9.85. The van der Waals surface area contributed by atoms with Crippen molar-refractivity contribution in [3.05, 3.63) is 0 Å². The minimum absolute atomic E-state index is 0.0529.